The largest absolute Gasteiger partial charge is 0.397 e. The average molecular weight is 342 g/mol. The van der Waals surface area contributed by atoms with Crippen molar-refractivity contribution < 1.29 is 0 Å². The number of hydrogen-bond acceptors (Lipinski definition) is 3. The number of nitrogens with two attached hydrogens (primary N) is 1. The van der Waals surface area contributed by atoms with E-state index in [9.17, 15) is 0 Å². The molecular weight excluding hydrogens is 332 g/mol. The van der Waals surface area contributed by atoms with Crippen molar-refractivity contribution in [2.24, 2.45) is 0 Å². The van der Waals surface area contributed by atoms with Gasteiger partial charge in [0.05, 0.1) is 5.69 Å². The van der Waals surface area contributed by atoms with Gasteiger partial charge in [0.15, 0.2) is 0 Å². The molecule has 0 saturated heterocycles. The topological polar surface area (TPSA) is 49.8 Å². The summed E-state index contributed by atoms with van der Waals surface area (Å²) in [5, 5.41) is 9.73. The maximum atomic E-state index is 9.06. The SMILES string of the molecule is CCc1c(-c2ccc(Cl)cc2Br)sc(C#N)c1N. The lowest BCUT2D eigenvalue weighted by Crippen LogP contribution is -1.91. The predicted molar refractivity (Wildman–Crippen MR) is 81.0 cm³/mol. The van der Waals surface area contributed by atoms with Crippen molar-refractivity contribution in [1.82, 2.24) is 0 Å². The lowest BCUT2D eigenvalue weighted by Gasteiger charge is -2.05. The molecule has 0 aliphatic carbocycles. The van der Waals surface area contributed by atoms with Gasteiger partial charge in [-0.1, -0.05) is 40.5 Å². The molecular formula is C13H10BrClN2S. The Hall–Kier alpha value is -1.02. The number of thiophene rings is 1. The van der Waals surface area contributed by atoms with Gasteiger partial charge in [-0.3, -0.25) is 0 Å². The smallest absolute Gasteiger partial charge is 0.128 e. The monoisotopic (exact) mass is 340 g/mol. The molecule has 0 radical (unpaired) electrons. The number of halogens is 2. The summed E-state index contributed by atoms with van der Waals surface area (Å²) in [4.78, 5) is 1.61. The van der Waals surface area contributed by atoms with Crippen molar-refractivity contribution in [3.05, 3.63) is 38.1 Å². The first-order valence-electron chi connectivity index (χ1n) is 5.35. The van der Waals surface area contributed by atoms with E-state index >= 15 is 0 Å². The van der Waals surface area contributed by atoms with Gasteiger partial charge in [0.25, 0.3) is 0 Å². The molecule has 0 fully saturated rings. The molecule has 0 amide bonds. The van der Waals surface area contributed by atoms with Crippen LogP contribution in [0.15, 0.2) is 22.7 Å². The summed E-state index contributed by atoms with van der Waals surface area (Å²) >= 11 is 10.9. The molecule has 18 heavy (non-hydrogen) atoms. The van der Waals surface area contributed by atoms with E-state index in [1.807, 2.05) is 25.1 Å². The molecule has 0 aliphatic heterocycles. The molecule has 1 heterocycles. The summed E-state index contributed by atoms with van der Waals surface area (Å²) in [6, 6.07) is 7.77. The van der Waals surface area contributed by atoms with Crippen LogP contribution in [0.3, 0.4) is 0 Å². The van der Waals surface area contributed by atoms with Crippen LogP contribution in [0, 0.1) is 11.3 Å². The van der Waals surface area contributed by atoms with Crippen LogP contribution in [0.5, 0.6) is 0 Å². The fraction of sp³-hybridized carbons (Fsp3) is 0.154. The second-order valence-corrected chi connectivity index (χ2v) is 6.05. The van der Waals surface area contributed by atoms with Gasteiger partial charge in [-0.15, -0.1) is 11.3 Å². The van der Waals surface area contributed by atoms with Gasteiger partial charge >= 0.3 is 0 Å². The lowest BCUT2D eigenvalue weighted by atomic mass is 10.1. The van der Waals surface area contributed by atoms with Crippen LogP contribution in [0.4, 0.5) is 5.69 Å². The molecule has 2 nitrogen and oxygen atoms in total. The number of anilines is 1. The van der Waals surface area contributed by atoms with Crippen LogP contribution in [0.2, 0.25) is 5.02 Å². The van der Waals surface area contributed by atoms with Gasteiger partial charge in [0.2, 0.25) is 0 Å². The van der Waals surface area contributed by atoms with Crippen molar-refractivity contribution in [1.29, 1.82) is 5.26 Å². The third-order valence-corrected chi connectivity index (χ3v) is 4.76. The molecule has 0 saturated carbocycles. The second kappa shape index (κ2) is 5.31. The van der Waals surface area contributed by atoms with Gasteiger partial charge in [-0.25, -0.2) is 0 Å². The quantitative estimate of drug-likeness (QED) is 0.849. The van der Waals surface area contributed by atoms with E-state index in [0.717, 1.165) is 26.9 Å². The molecule has 0 aliphatic rings. The maximum Gasteiger partial charge on any atom is 0.128 e. The minimum atomic E-state index is 0.573. The van der Waals surface area contributed by atoms with Gasteiger partial charge < -0.3 is 5.73 Å². The van der Waals surface area contributed by atoms with E-state index < -0.39 is 0 Å². The molecule has 0 atom stereocenters. The Morgan fingerprint density at radius 3 is 2.78 bits per heavy atom. The second-order valence-electron chi connectivity index (χ2n) is 3.74. The van der Waals surface area contributed by atoms with Crippen molar-refractivity contribution in [3.8, 4) is 16.5 Å². The zero-order valence-electron chi connectivity index (χ0n) is 9.63. The number of nitrogens with zero attached hydrogens (tertiary/aromatic N) is 1. The number of nitriles is 1. The molecule has 0 spiro atoms. The number of nitrogen functional groups attached to an aromatic ring is 1. The van der Waals surface area contributed by atoms with Crippen molar-refractivity contribution >= 4 is 44.6 Å². The first-order valence-corrected chi connectivity index (χ1v) is 7.33. The van der Waals surface area contributed by atoms with E-state index in [4.69, 9.17) is 22.6 Å². The van der Waals surface area contributed by atoms with Crippen LogP contribution < -0.4 is 5.73 Å². The Kier molecular flexibility index (Phi) is 3.96. The number of rotatable bonds is 2. The first kappa shape index (κ1) is 13.4. The van der Waals surface area contributed by atoms with Crippen molar-refractivity contribution in [2.45, 2.75) is 13.3 Å². The third-order valence-electron chi connectivity index (χ3n) is 2.68. The van der Waals surface area contributed by atoms with Crippen LogP contribution in [0.1, 0.15) is 17.4 Å². The highest BCUT2D eigenvalue weighted by Gasteiger charge is 2.17. The van der Waals surface area contributed by atoms with E-state index in [-0.39, 0.29) is 0 Å². The zero-order chi connectivity index (χ0) is 13.3. The first-order chi connectivity index (χ1) is 8.58. The summed E-state index contributed by atoms with van der Waals surface area (Å²) in [5.74, 6) is 0. The Labute approximate surface area is 123 Å². The normalized spacial score (nSPS) is 10.3. The minimum absolute atomic E-state index is 0.573. The Bertz CT molecular complexity index is 643. The number of hydrogen-bond donors (Lipinski definition) is 1. The molecule has 1 aromatic carbocycles. The van der Waals surface area contributed by atoms with Gasteiger partial charge in [0, 0.05) is 19.9 Å². The standard InChI is InChI=1S/C13H10BrClN2S/c1-2-8-12(17)11(6-16)18-13(8)9-4-3-7(15)5-10(9)14/h3-5H,2,17H2,1H3. The summed E-state index contributed by atoms with van der Waals surface area (Å²) in [5.41, 5.74) is 8.64. The molecule has 92 valence electrons. The zero-order valence-corrected chi connectivity index (χ0v) is 12.8. The highest BCUT2D eigenvalue weighted by atomic mass is 79.9. The summed E-state index contributed by atoms with van der Waals surface area (Å²) in [6.07, 6.45) is 0.800. The average Bonchev–Trinajstić information content (AvgIpc) is 2.65. The fourth-order valence-corrected chi connectivity index (χ4v) is 3.96. The van der Waals surface area contributed by atoms with Crippen molar-refractivity contribution in [3.63, 3.8) is 0 Å². The minimum Gasteiger partial charge on any atom is -0.397 e. The fourth-order valence-electron chi connectivity index (χ4n) is 1.80. The van der Waals surface area contributed by atoms with E-state index in [1.165, 1.54) is 11.3 Å². The number of benzene rings is 1. The maximum absolute atomic E-state index is 9.06. The van der Waals surface area contributed by atoms with Gasteiger partial charge in [0.1, 0.15) is 10.9 Å². The third kappa shape index (κ3) is 2.26. The molecule has 1 aromatic heterocycles. The van der Waals surface area contributed by atoms with Crippen LogP contribution >= 0.6 is 38.9 Å². The lowest BCUT2D eigenvalue weighted by molar-refractivity contribution is 1.16. The predicted octanol–water partition coefficient (Wildman–Crippen LogP) is 4.85. The molecule has 2 rings (SSSR count). The van der Waals surface area contributed by atoms with Crippen LogP contribution in [0.25, 0.3) is 10.4 Å². The summed E-state index contributed by atoms with van der Waals surface area (Å²) in [7, 11) is 0. The molecule has 2 aromatic rings. The highest BCUT2D eigenvalue weighted by molar-refractivity contribution is 9.10. The Morgan fingerprint density at radius 1 is 1.50 bits per heavy atom. The van der Waals surface area contributed by atoms with E-state index in [2.05, 4.69) is 22.0 Å². The van der Waals surface area contributed by atoms with E-state index in [0.29, 0.717) is 15.6 Å². The summed E-state index contributed by atoms with van der Waals surface area (Å²) in [6.45, 7) is 2.03. The van der Waals surface area contributed by atoms with E-state index in [1.54, 1.807) is 0 Å². The van der Waals surface area contributed by atoms with Gasteiger partial charge in [-0.2, -0.15) is 5.26 Å². The van der Waals surface area contributed by atoms with Crippen LogP contribution in [-0.2, 0) is 6.42 Å². The Morgan fingerprint density at radius 2 is 2.22 bits per heavy atom. The molecule has 0 bridgehead atoms. The molecule has 5 heteroatoms. The summed E-state index contributed by atoms with van der Waals surface area (Å²) < 4.78 is 0.912. The highest BCUT2D eigenvalue weighted by Crippen LogP contribution is 2.42. The van der Waals surface area contributed by atoms with Gasteiger partial charge in [-0.05, 0) is 24.1 Å². The van der Waals surface area contributed by atoms with Crippen LogP contribution in [-0.4, -0.2) is 0 Å². The van der Waals surface area contributed by atoms with Crippen molar-refractivity contribution in [2.75, 3.05) is 5.73 Å². The Balaban J connectivity index is 2.68. The molecule has 2 N–H and O–H groups in total. The molecule has 0 unspecified atom stereocenters.